The molecule has 16 heavy (non-hydrogen) atoms. The van der Waals surface area contributed by atoms with E-state index in [1.54, 1.807) is 0 Å². The Hall–Kier alpha value is -1.62. The Kier molecular flexibility index (Phi) is 3.19. The third-order valence-corrected chi connectivity index (χ3v) is 2.24. The van der Waals surface area contributed by atoms with Gasteiger partial charge in [0.1, 0.15) is 7.85 Å². The molecule has 0 aliphatic rings. The van der Waals surface area contributed by atoms with E-state index < -0.39 is 23.0 Å². The van der Waals surface area contributed by atoms with E-state index >= 15 is 0 Å². The lowest BCUT2D eigenvalue weighted by Gasteiger charge is -2.28. The fraction of sp³-hybridized carbons (Fsp3) is 0.222. The van der Waals surface area contributed by atoms with Crippen molar-refractivity contribution in [3.8, 4) is 11.5 Å². The summed E-state index contributed by atoms with van der Waals surface area (Å²) in [5, 5.41) is 27.0. The molecule has 1 rings (SSSR count). The molecule has 7 heteroatoms. The van der Waals surface area contributed by atoms with Crippen LogP contribution in [0.15, 0.2) is 18.2 Å². The maximum Gasteiger partial charge on any atom is 0.313 e. The van der Waals surface area contributed by atoms with E-state index in [9.17, 15) is 9.90 Å². The van der Waals surface area contributed by atoms with E-state index in [2.05, 4.69) is 0 Å². The van der Waals surface area contributed by atoms with Crippen LogP contribution >= 0.6 is 0 Å². The van der Waals surface area contributed by atoms with Crippen LogP contribution in [0.2, 0.25) is 0 Å². The summed E-state index contributed by atoms with van der Waals surface area (Å²) in [5.74, 6) is -3.44. The number of phenolic OH excluding ortho intramolecular Hbond substituents is 2. The highest BCUT2D eigenvalue weighted by atomic mass is 16.4. The maximum absolute atomic E-state index is 10.7. The molecule has 2 atom stereocenters. The van der Waals surface area contributed by atoms with Crippen LogP contribution in [0.25, 0.3) is 0 Å². The highest BCUT2D eigenvalue weighted by Gasteiger charge is 2.34. The van der Waals surface area contributed by atoms with Crippen LogP contribution in [0.1, 0.15) is 11.4 Å². The van der Waals surface area contributed by atoms with Gasteiger partial charge in [-0.25, -0.2) is 0 Å². The fourth-order valence-electron chi connectivity index (χ4n) is 1.14. The summed E-state index contributed by atoms with van der Waals surface area (Å²) in [6, 6.07) is 3.61. The van der Waals surface area contributed by atoms with Gasteiger partial charge in [-0.1, -0.05) is 6.07 Å². The summed E-state index contributed by atoms with van der Waals surface area (Å²) in [7, 11) is 10.9. The van der Waals surface area contributed by atoms with Crippen molar-refractivity contribution >= 4 is 21.7 Å². The van der Waals surface area contributed by atoms with Crippen molar-refractivity contribution < 1.29 is 20.1 Å². The molecule has 0 fully saturated rings. The van der Waals surface area contributed by atoms with E-state index in [1.165, 1.54) is 12.1 Å². The zero-order valence-corrected chi connectivity index (χ0v) is 8.29. The minimum absolute atomic E-state index is 0.211. The number of aromatic hydroxyl groups is 2. The first-order chi connectivity index (χ1) is 7.26. The highest BCUT2D eigenvalue weighted by molar-refractivity contribution is 6.33. The minimum atomic E-state index is -2.15. The quantitative estimate of drug-likeness (QED) is 0.392. The second kappa shape index (κ2) is 4.09. The van der Waals surface area contributed by atoms with Gasteiger partial charge in [0.05, 0.1) is 13.3 Å². The molecule has 5 N–H and O–H groups in total. The largest absolute Gasteiger partial charge is 0.504 e. The number of aliphatic carboxylic acids is 1. The molecule has 0 saturated heterocycles. The fourth-order valence-corrected chi connectivity index (χ4v) is 1.14. The topological polar surface area (TPSA) is 104 Å². The second-order valence-electron chi connectivity index (χ2n) is 3.46. The standard InChI is InChI=1S/C9H9B2NO4/c10-7(9(11,12)8(15)16)4-1-2-5(13)6(14)3-4/h1-3,7,13-14H,12H2,(H,15,16)/t7-,9?/m0/s1. The summed E-state index contributed by atoms with van der Waals surface area (Å²) >= 11 is 0. The lowest BCUT2D eigenvalue weighted by molar-refractivity contribution is -0.140. The number of nitrogens with two attached hydrogens (primary N) is 1. The lowest BCUT2D eigenvalue weighted by atomic mass is 9.58. The van der Waals surface area contributed by atoms with Gasteiger partial charge in [0.25, 0.3) is 0 Å². The van der Waals surface area contributed by atoms with Gasteiger partial charge < -0.3 is 21.1 Å². The maximum atomic E-state index is 10.7. The van der Waals surface area contributed by atoms with E-state index in [4.69, 9.17) is 31.6 Å². The molecule has 1 aromatic carbocycles. The minimum Gasteiger partial charge on any atom is -0.504 e. The van der Waals surface area contributed by atoms with Crippen molar-refractivity contribution in [3.05, 3.63) is 23.8 Å². The molecule has 4 radical (unpaired) electrons. The lowest BCUT2D eigenvalue weighted by Crippen LogP contribution is -2.53. The third-order valence-electron chi connectivity index (χ3n) is 2.24. The number of carboxylic acids is 1. The number of hydrogen-bond donors (Lipinski definition) is 4. The van der Waals surface area contributed by atoms with Crippen molar-refractivity contribution in [1.82, 2.24) is 0 Å². The number of phenols is 2. The SMILES string of the molecule is [B][C@@H](c1ccc(O)c(O)c1)C([B])(N)C(=O)O. The highest BCUT2D eigenvalue weighted by Crippen LogP contribution is 2.30. The third kappa shape index (κ3) is 2.14. The first kappa shape index (κ1) is 12.4. The van der Waals surface area contributed by atoms with Gasteiger partial charge in [-0.2, -0.15) is 0 Å². The van der Waals surface area contributed by atoms with Crippen LogP contribution in [0.3, 0.4) is 0 Å². The normalized spacial score (nSPS) is 16.3. The van der Waals surface area contributed by atoms with Gasteiger partial charge in [0.2, 0.25) is 0 Å². The van der Waals surface area contributed by atoms with E-state index in [0.717, 1.165) is 6.07 Å². The predicted molar refractivity (Wildman–Crippen MR) is 58.6 cm³/mol. The van der Waals surface area contributed by atoms with Crippen molar-refractivity contribution in [1.29, 1.82) is 0 Å². The summed E-state index contributed by atoms with van der Waals surface area (Å²) < 4.78 is 0. The molecule has 80 valence electrons. The average Bonchev–Trinajstić information content (AvgIpc) is 2.20. The van der Waals surface area contributed by atoms with Crippen LogP contribution in [-0.2, 0) is 4.79 Å². The predicted octanol–water partition coefficient (Wildman–Crippen LogP) is -0.785. The zero-order valence-electron chi connectivity index (χ0n) is 8.29. The van der Waals surface area contributed by atoms with Gasteiger partial charge in [0.15, 0.2) is 11.5 Å². The average molecular weight is 217 g/mol. The second-order valence-corrected chi connectivity index (χ2v) is 3.46. The van der Waals surface area contributed by atoms with Crippen LogP contribution in [0, 0.1) is 0 Å². The van der Waals surface area contributed by atoms with Crippen LogP contribution < -0.4 is 5.73 Å². The molecule has 1 unspecified atom stereocenters. The number of hydrogen-bond acceptors (Lipinski definition) is 4. The Morgan fingerprint density at radius 3 is 2.38 bits per heavy atom. The summed E-state index contributed by atoms with van der Waals surface area (Å²) in [5.41, 5.74) is 3.39. The molecule has 0 heterocycles. The molecule has 0 bridgehead atoms. The number of benzene rings is 1. The number of rotatable bonds is 3. The van der Waals surface area contributed by atoms with E-state index in [0.29, 0.717) is 0 Å². The molecule has 0 amide bonds. The van der Waals surface area contributed by atoms with Gasteiger partial charge in [-0.05, 0) is 23.5 Å². The number of carboxylic acid groups (broad SMARTS) is 1. The Labute approximate surface area is 94.7 Å². The van der Waals surface area contributed by atoms with Crippen LogP contribution in [-0.4, -0.2) is 42.4 Å². The Balaban J connectivity index is 3.10. The summed E-state index contributed by atoms with van der Waals surface area (Å²) in [6.07, 6.45) is 0. The summed E-state index contributed by atoms with van der Waals surface area (Å²) in [6.45, 7) is 0. The van der Waals surface area contributed by atoms with Crippen molar-refractivity contribution in [2.45, 2.75) is 11.3 Å². The molecule has 0 aromatic heterocycles. The molecular weight excluding hydrogens is 208 g/mol. The monoisotopic (exact) mass is 217 g/mol. The zero-order chi connectivity index (χ0) is 12.5. The summed E-state index contributed by atoms with van der Waals surface area (Å²) in [4.78, 5) is 10.7. The van der Waals surface area contributed by atoms with E-state index in [-0.39, 0.29) is 11.3 Å². The van der Waals surface area contributed by atoms with Gasteiger partial charge in [-0.3, -0.25) is 4.79 Å². The van der Waals surface area contributed by atoms with Crippen LogP contribution in [0.4, 0.5) is 0 Å². The molecule has 0 spiro atoms. The van der Waals surface area contributed by atoms with Crippen molar-refractivity contribution in [3.63, 3.8) is 0 Å². The van der Waals surface area contributed by atoms with Crippen molar-refractivity contribution in [2.24, 2.45) is 5.73 Å². The smallest absolute Gasteiger partial charge is 0.313 e. The van der Waals surface area contributed by atoms with Crippen molar-refractivity contribution in [2.75, 3.05) is 0 Å². The van der Waals surface area contributed by atoms with Crippen LogP contribution in [0.5, 0.6) is 11.5 Å². The molecular formula is C9H9B2NO4. The molecule has 0 aliphatic carbocycles. The Bertz CT molecular complexity index is 422. The van der Waals surface area contributed by atoms with Gasteiger partial charge in [0, 0.05) is 0 Å². The first-order valence-corrected chi connectivity index (χ1v) is 4.35. The number of carbonyl (C=O) groups is 1. The Morgan fingerprint density at radius 1 is 1.38 bits per heavy atom. The molecule has 0 aliphatic heterocycles. The van der Waals surface area contributed by atoms with Gasteiger partial charge >= 0.3 is 5.97 Å². The van der Waals surface area contributed by atoms with Gasteiger partial charge in [-0.15, -0.1) is 0 Å². The Morgan fingerprint density at radius 2 is 1.94 bits per heavy atom. The molecule has 1 aromatic rings. The van der Waals surface area contributed by atoms with E-state index in [1.807, 2.05) is 0 Å². The first-order valence-electron chi connectivity index (χ1n) is 4.35. The molecule has 0 saturated carbocycles. The molecule has 5 nitrogen and oxygen atoms in total.